The fraction of sp³-hybridized carbons (Fsp3) is 0.467. The summed E-state index contributed by atoms with van der Waals surface area (Å²) in [6, 6.07) is 5.12. The minimum atomic E-state index is -0.568. The van der Waals surface area contributed by atoms with Gasteiger partial charge in [-0.3, -0.25) is 4.68 Å². The molecule has 2 amide bonds. The zero-order chi connectivity index (χ0) is 16.9. The fourth-order valence-electron chi connectivity index (χ4n) is 2.95. The Morgan fingerprint density at radius 2 is 2.33 bits per heavy atom. The van der Waals surface area contributed by atoms with Crippen molar-refractivity contribution in [2.24, 2.45) is 11.7 Å². The van der Waals surface area contributed by atoms with Gasteiger partial charge in [0.2, 0.25) is 0 Å². The predicted molar refractivity (Wildman–Crippen MR) is 90.6 cm³/mol. The largest absolute Gasteiger partial charge is 0.356 e. The first-order chi connectivity index (χ1) is 11.6. The summed E-state index contributed by atoms with van der Waals surface area (Å²) in [5.74, 6) is 1.37. The molecule has 0 spiro atoms. The number of halogens is 1. The number of rotatable bonds is 5. The number of nitrogens with zero attached hydrogens (tertiary/aromatic N) is 5. The summed E-state index contributed by atoms with van der Waals surface area (Å²) < 4.78 is 1.82. The molecule has 3 heterocycles. The fourth-order valence-corrected chi connectivity index (χ4v) is 3.11. The van der Waals surface area contributed by atoms with Crippen molar-refractivity contribution in [2.75, 3.05) is 18.0 Å². The van der Waals surface area contributed by atoms with E-state index in [1.165, 1.54) is 0 Å². The molecule has 3 N–H and O–H groups in total. The SMILES string of the molecule is NC(=O)NCc1cn(CC2CCCN(c3cccc(Cl)n3)C2)nn1. The van der Waals surface area contributed by atoms with E-state index in [4.69, 9.17) is 17.3 Å². The van der Waals surface area contributed by atoms with Crippen molar-refractivity contribution >= 4 is 23.4 Å². The van der Waals surface area contributed by atoms with E-state index in [2.05, 4.69) is 25.5 Å². The number of pyridine rings is 1. The number of carbonyl (C=O) groups excluding carboxylic acids is 1. The number of nitrogens with two attached hydrogens (primary N) is 1. The van der Waals surface area contributed by atoms with Gasteiger partial charge in [-0.2, -0.15) is 0 Å². The summed E-state index contributed by atoms with van der Waals surface area (Å²) in [4.78, 5) is 17.4. The molecule has 8 nitrogen and oxygen atoms in total. The quantitative estimate of drug-likeness (QED) is 0.794. The highest BCUT2D eigenvalue weighted by Gasteiger charge is 2.22. The Labute approximate surface area is 145 Å². The van der Waals surface area contributed by atoms with Gasteiger partial charge in [0, 0.05) is 19.6 Å². The molecule has 1 saturated heterocycles. The van der Waals surface area contributed by atoms with Gasteiger partial charge in [-0.05, 0) is 30.9 Å². The molecule has 24 heavy (non-hydrogen) atoms. The van der Waals surface area contributed by atoms with Crippen LogP contribution in [0.4, 0.5) is 10.6 Å². The number of carbonyl (C=O) groups is 1. The topological polar surface area (TPSA) is 102 Å². The van der Waals surface area contributed by atoms with E-state index in [0.29, 0.717) is 23.3 Å². The molecule has 9 heteroatoms. The summed E-state index contributed by atoms with van der Waals surface area (Å²) >= 11 is 5.99. The third-order valence-electron chi connectivity index (χ3n) is 4.02. The Kier molecular flexibility index (Phi) is 5.14. The molecule has 1 fully saturated rings. The highest BCUT2D eigenvalue weighted by atomic mass is 35.5. The number of aromatic nitrogens is 4. The number of hydrogen-bond donors (Lipinski definition) is 2. The number of hydrogen-bond acceptors (Lipinski definition) is 5. The van der Waals surface area contributed by atoms with Crippen molar-refractivity contribution in [1.29, 1.82) is 0 Å². The van der Waals surface area contributed by atoms with E-state index in [1.807, 2.05) is 23.0 Å². The maximum atomic E-state index is 10.7. The Hall–Kier alpha value is -2.35. The third kappa shape index (κ3) is 4.35. The second-order valence-electron chi connectivity index (χ2n) is 5.92. The summed E-state index contributed by atoms with van der Waals surface area (Å²) in [6.07, 6.45) is 4.07. The lowest BCUT2D eigenvalue weighted by Gasteiger charge is -2.33. The van der Waals surface area contributed by atoms with Gasteiger partial charge < -0.3 is 16.0 Å². The zero-order valence-corrected chi connectivity index (χ0v) is 14.0. The minimum absolute atomic E-state index is 0.290. The maximum Gasteiger partial charge on any atom is 0.312 e. The first kappa shape index (κ1) is 16.5. The third-order valence-corrected chi connectivity index (χ3v) is 4.23. The van der Waals surface area contributed by atoms with Crippen LogP contribution in [0.1, 0.15) is 18.5 Å². The van der Waals surface area contributed by atoms with Gasteiger partial charge in [0.15, 0.2) is 0 Å². The van der Waals surface area contributed by atoms with Crippen LogP contribution in [0.15, 0.2) is 24.4 Å². The van der Waals surface area contributed by atoms with Gasteiger partial charge in [0.25, 0.3) is 0 Å². The number of piperidine rings is 1. The van der Waals surface area contributed by atoms with Crippen LogP contribution < -0.4 is 16.0 Å². The van der Waals surface area contributed by atoms with Crippen LogP contribution in [0.5, 0.6) is 0 Å². The average Bonchev–Trinajstić information content (AvgIpc) is 3.01. The molecule has 0 radical (unpaired) electrons. The molecule has 1 aliphatic heterocycles. The molecule has 1 unspecified atom stereocenters. The molecule has 2 aromatic rings. The Morgan fingerprint density at radius 1 is 1.46 bits per heavy atom. The van der Waals surface area contributed by atoms with E-state index in [9.17, 15) is 4.79 Å². The Bertz CT molecular complexity index is 705. The van der Waals surface area contributed by atoms with Gasteiger partial charge in [0.05, 0.1) is 12.7 Å². The van der Waals surface area contributed by atoms with E-state index >= 15 is 0 Å². The number of amides is 2. The summed E-state index contributed by atoms with van der Waals surface area (Å²) in [7, 11) is 0. The second-order valence-corrected chi connectivity index (χ2v) is 6.31. The van der Waals surface area contributed by atoms with E-state index in [0.717, 1.165) is 38.3 Å². The monoisotopic (exact) mass is 349 g/mol. The standard InChI is InChI=1S/C15H20ClN7O/c16-13-4-1-5-14(19-13)22-6-2-3-11(8-22)9-23-10-12(20-21-23)7-18-15(17)24/h1,4-5,10-11H,2-3,6-9H2,(H3,17,18,24). The van der Waals surface area contributed by atoms with E-state index < -0.39 is 6.03 Å². The van der Waals surface area contributed by atoms with Crippen LogP contribution in [0, 0.1) is 5.92 Å². The number of anilines is 1. The first-order valence-electron chi connectivity index (χ1n) is 7.90. The number of primary amides is 1. The van der Waals surface area contributed by atoms with Crippen molar-refractivity contribution in [3.8, 4) is 0 Å². The van der Waals surface area contributed by atoms with Crippen molar-refractivity contribution < 1.29 is 4.79 Å². The Balaban J connectivity index is 1.58. The molecular formula is C15H20ClN7O. The molecule has 0 aromatic carbocycles. The predicted octanol–water partition coefficient (Wildman–Crippen LogP) is 1.41. The molecule has 3 rings (SSSR count). The summed E-state index contributed by atoms with van der Waals surface area (Å²) in [6.45, 7) is 2.95. The Morgan fingerprint density at radius 3 is 3.12 bits per heavy atom. The van der Waals surface area contributed by atoms with Gasteiger partial charge >= 0.3 is 6.03 Å². The molecule has 128 valence electrons. The van der Waals surface area contributed by atoms with Crippen molar-refractivity contribution in [3.05, 3.63) is 35.2 Å². The summed E-state index contributed by atoms with van der Waals surface area (Å²) in [5.41, 5.74) is 5.74. The lowest BCUT2D eigenvalue weighted by atomic mass is 9.98. The number of urea groups is 1. The van der Waals surface area contributed by atoms with Crippen LogP contribution in [0.3, 0.4) is 0 Å². The summed E-state index contributed by atoms with van der Waals surface area (Å²) in [5, 5.41) is 11.2. The van der Waals surface area contributed by atoms with Crippen LogP contribution in [0.25, 0.3) is 0 Å². The normalized spacial score (nSPS) is 17.7. The van der Waals surface area contributed by atoms with Crippen molar-refractivity contribution in [3.63, 3.8) is 0 Å². The van der Waals surface area contributed by atoms with Gasteiger partial charge in [0.1, 0.15) is 16.7 Å². The van der Waals surface area contributed by atoms with Crippen LogP contribution in [-0.2, 0) is 13.1 Å². The lowest BCUT2D eigenvalue weighted by Crippen LogP contribution is -2.37. The minimum Gasteiger partial charge on any atom is -0.356 e. The molecule has 1 atom stereocenters. The first-order valence-corrected chi connectivity index (χ1v) is 8.28. The van der Waals surface area contributed by atoms with Gasteiger partial charge in [-0.15, -0.1) is 5.10 Å². The van der Waals surface area contributed by atoms with Crippen LogP contribution in [0.2, 0.25) is 5.15 Å². The van der Waals surface area contributed by atoms with E-state index in [-0.39, 0.29) is 0 Å². The van der Waals surface area contributed by atoms with Crippen molar-refractivity contribution in [2.45, 2.75) is 25.9 Å². The maximum absolute atomic E-state index is 10.7. The lowest BCUT2D eigenvalue weighted by molar-refractivity contribution is 0.248. The molecular weight excluding hydrogens is 330 g/mol. The zero-order valence-electron chi connectivity index (χ0n) is 13.2. The molecule has 2 aromatic heterocycles. The molecule has 0 aliphatic carbocycles. The van der Waals surface area contributed by atoms with Crippen molar-refractivity contribution in [1.82, 2.24) is 25.3 Å². The van der Waals surface area contributed by atoms with Gasteiger partial charge in [-0.25, -0.2) is 9.78 Å². The highest BCUT2D eigenvalue weighted by molar-refractivity contribution is 6.29. The number of nitrogens with one attached hydrogen (secondary N) is 1. The second kappa shape index (κ2) is 7.48. The van der Waals surface area contributed by atoms with Crippen LogP contribution in [-0.4, -0.2) is 39.1 Å². The smallest absolute Gasteiger partial charge is 0.312 e. The highest BCUT2D eigenvalue weighted by Crippen LogP contribution is 2.23. The van der Waals surface area contributed by atoms with Crippen LogP contribution >= 0.6 is 11.6 Å². The van der Waals surface area contributed by atoms with E-state index in [1.54, 1.807) is 6.07 Å². The van der Waals surface area contributed by atoms with Gasteiger partial charge in [-0.1, -0.05) is 22.9 Å². The molecule has 1 aliphatic rings. The average molecular weight is 350 g/mol. The molecule has 0 saturated carbocycles. The molecule has 0 bridgehead atoms.